The van der Waals surface area contributed by atoms with Crippen molar-refractivity contribution in [2.45, 2.75) is 45.1 Å². The molecule has 5 nitrogen and oxygen atoms in total. The van der Waals surface area contributed by atoms with E-state index in [-0.39, 0.29) is 17.9 Å². The van der Waals surface area contributed by atoms with Gasteiger partial charge in [0.15, 0.2) is 0 Å². The smallest absolute Gasteiger partial charge is 0.264 e. The number of carbonyl (C=O) groups excluding carboxylic acids is 2. The standard InChI is InChI=1S/C19H29N3O2S/c1-2-20-14-15-8-11-21(12-9-15)18(23)16-6-3-4-10-22(16)19(24)17-7-5-13-25-17/h5,7,13,15-16,20H,2-4,6,8-12,14H2,1H3. The highest BCUT2D eigenvalue weighted by atomic mass is 32.1. The van der Waals surface area contributed by atoms with Gasteiger partial charge in [0.2, 0.25) is 5.91 Å². The number of hydrogen-bond donors (Lipinski definition) is 1. The van der Waals surface area contributed by atoms with Crippen molar-refractivity contribution in [3.8, 4) is 0 Å². The Morgan fingerprint density at radius 2 is 2.00 bits per heavy atom. The van der Waals surface area contributed by atoms with Gasteiger partial charge in [0.25, 0.3) is 5.91 Å². The molecule has 2 amide bonds. The summed E-state index contributed by atoms with van der Waals surface area (Å²) in [6.07, 6.45) is 4.94. The van der Waals surface area contributed by atoms with Gasteiger partial charge in [-0.2, -0.15) is 0 Å². The minimum Gasteiger partial charge on any atom is -0.341 e. The maximum atomic E-state index is 13.1. The second kappa shape index (κ2) is 8.81. The van der Waals surface area contributed by atoms with Gasteiger partial charge >= 0.3 is 0 Å². The van der Waals surface area contributed by atoms with Crippen LogP contribution in [0.3, 0.4) is 0 Å². The van der Waals surface area contributed by atoms with Crippen LogP contribution in [-0.2, 0) is 4.79 Å². The van der Waals surface area contributed by atoms with Crippen molar-refractivity contribution in [2.75, 3.05) is 32.7 Å². The SMILES string of the molecule is CCNCC1CCN(C(=O)C2CCCCN2C(=O)c2cccs2)CC1. The van der Waals surface area contributed by atoms with E-state index < -0.39 is 0 Å². The van der Waals surface area contributed by atoms with Gasteiger partial charge in [-0.15, -0.1) is 11.3 Å². The molecule has 2 fully saturated rings. The van der Waals surface area contributed by atoms with Crippen molar-refractivity contribution in [3.05, 3.63) is 22.4 Å². The predicted molar refractivity (Wildman–Crippen MR) is 101 cm³/mol. The Kier molecular flexibility index (Phi) is 6.48. The highest BCUT2D eigenvalue weighted by Gasteiger charge is 2.36. The summed E-state index contributed by atoms with van der Waals surface area (Å²) in [5.74, 6) is 0.848. The molecule has 1 atom stereocenters. The maximum Gasteiger partial charge on any atom is 0.264 e. The van der Waals surface area contributed by atoms with Crippen molar-refractivity contribution in [1.82, 2.24) is 15.1 Å². The largest absolute Gasteiger partial charge is 0.341 e. The number of hydrogen-bond acceptors (Lipinski definition) is 4. The van der Waals surface area contributed by atoms with Gasteiger partial charge in [-0.1, -0.05) is 13.0 Å². The number of nitrogens with zero attached hydrogens (tertiary/aromatic N) is 2. The molecule has 0 saturated carbocycles. The Bertz CT molecular complexity index is 567. The Morgan fingerprint density at radius 3 is 2.68 bits per heavy atom. The third-order valence-electron chi connectivity index (χ3n) is 5.39. The molecular weight excluding hydrogens is 334 g/mol. The summed E-state index contributed by atoms with van der Waals surface area (Å²) < 4.78 is 0. The van der Waals surface area contributed by atoms with Gasteiger partial charge in [0, 0.05) is 19.6 Å². The summed E-state index contributed by atoms with van der Waals surface area (Å²) >= 11 is 1.46. The van der Waals surface area contributed by atoms with Crippen LogP contribution < -0.4 is 5.32 Å². The van der Waals surface area contributed by atoms with E-state index in [4.69, 9.17) is 0 Å². The normalized spacial score (nSPS) is 22.2. The zero-order valence-electron chi connectivity index (χ0n) is 15.1. The van der Waals surface area contributed by atoms with Crippen molar-refractivity contribution >= 4 is 23.2 Å². The topological polar surface area (TPSA) is 52.7 Å². The molecule has 2 aliphatic heterocycles. The Morgan fingerprint density at radius 1 is 1.20 bits per heavy atom. The molecule has 25 heavy (non-hydrogen) atoms. The quantitative estimate of drug-likeness (QED) is 0.875. The van der Waals surface area contributed by atoms with Crippen LogP contribution in [0.2, 0.25) is 0 Å². The van der Waals surface area contributed by atoms with Gasteiger partial charge < -0.3 is 15.1 Å². The first-order valence-corrected chi connectivity index (χ1v) is 10.4. The summed E-state index contributed by atoms with van der Waals surface area (Å²) in [5.41, 5.74) is 0. The molecule has 138 valence electrons. The van der Waals surface area contributed by atoms with Crippen molar-refractivity contribution in [1.29, 1.82) is 0 Å². The van der Waals surface area contributed by atoms with Gasteiger partial charge in [-0.25, -0.2) is 0 Å². The fourth-order valence-corrected chi connectivity index (χ4v) is 4.57. The molecule has 2 aliphatic rings. The van der Waals surface area contributed by atoms with Crippen LogP contribution >= 0.6 is 11.3 Å². The van der Waals surface area contributed by atoms with E-state index in [0.717, 1.165) is 63.2 Å². The summed E-state index contributed by atoms with van der Waals surface area (Å²) in [7, 11) is 0. The molecule has 6 heteroatoms. The number of likely N-dealkylation sites (tertiary alicyclic amines) is 2. The van der Waals surface area contributed by atoms with Crippen LogP contribution in [0.4, 0.5) is 0 Å². The monoisotopic (exact) mass is 363 g/mol. The summed E-state index contributed by atoms with van der Waals surface area (Å²) in [4.78, 5) is 30.4. The Balaban J connectivity index is 1.61. The minimum atomic E-state index is -0.270. The third-order valence-corrected chi connectivity index (χ3v) is 6.25. The summed E-state index contributed by atoms with van der Waals surface area (Å²) in [6, 6.07) is 3.48. The second-order valence-electron chi connectivity index (χ2n) is 7.06. The lowest BCUT2D eigenvalue weighted by Crippen LogP contribution is -2.54. The maximum absolute atomic E-state index is 13.1. The number of thiophene rings is 1. The Labute approximate surface area is 154 Å². The van der Waals surface area contributed by atoms with E-state index in [9.17, 15) is 9.59 Å². The fourth-order valence-electron chi connectivity index (χ4n) is 3.89. The zero-order chi connectivity index (χ0) is 17.6. The average Bonchev–Trinajstić information content (AvgIpc) is 3.20. The van der Waals surface area contributed by atoms with Crippen LogP contribution in [0, 0.1) is 5.92 Å². The molecule has 1 unspecified atom stereocenters. The summed E-state index contributed by atoms with van der Waals surface area (Å²) in [5, 5.41) is 5.33. The van der Waals surface area contributed by atoms with E-state index in [1.807, 2.05) is 27.3 Å². The molecule has 1 aromatic rings. The van der Waals surface area contributed by atoms with E-state index in [1.165, 1.54) is 11.3 Å². The van der Waals surface area contributed by atoms with Crippen molar-refractivity contribution < 1.29 is 9.59 Å². The van der Waals surface area contributed by atoms with Gasteiger partial charge in [0.1, 0.15) is 6.04 Å². The van der Waals surface area contributed by atoms with E-state index >= 15 is 0 Å². The predicted octanol–water partition coefficient (Wildman–Crippen LogP) is 2.59. The lowest BCUT2D eigenvalue weighted by atomic mass is 9.94. The Hall–Kier alpha value is -1.40. The molecule has 1 aromatic heterocycles. The first kappa shape index (κ1) is 18.4. The summed E-state index contributed by atoms with van der Waals surface area (Å²) in [6.45, 7) is 6.52. The molecular formula is C19H29N3O2S. The van der Waals surface area contributed by atoms with Gasteiger partial charge in [-0.3, -0.25) is 9.59 Å². The third kappa shape index (κ3) is 4.42. The minimum absolute atomic E-state index is 0.0232. The van der Waals surface area contributed by atoms with E-state index in [0.29, 0.717) is 12.5 Å². The van der Waals surface area contributed by atoms with Crippen molar-refractivity contribution in [3.63, 3.8) is 0 Å². The van der Waals surface area contributed by atoms with Gasteiger partial charge in [0.05, 0.1) is 4.88 Å². The first-order valence-electron chi connectivity index (χ1n) is 9.54. The molecule has 1 N–H and O–H groups in total. The van der Waals surface area contributed by atoms with Crippen LogP contribution in [0.25, 0.3) is 0 Å². The molecule has 0 bridgehead atoms. The first-order chi connectivity index (χ1) is 12.2. The second-order valence-corrected chi connectivity index (χ2v) is 8.01. The molecule has 0 spiro atoms. The van der Waals surface area contributed by atoms with E-state index in [1.54, 1.807) is 0 Å². The van der Waals surface area contributed by atoms with E-state index in [2.05, 4.69) is 12.2 Å². The van der Waals surface area contributed by atoms with Crippen molar-refractivity contribution in [2.24, 2.45) is 5.92 Å². The van der Waals surface area contributed by atoms with Crippen LogP contribution in [-0.4, -0.2) is 60.4 Å². The lowest BCUT2D eigenvalue weighted by molar-refractivity contribution is -0.138. The molecule has 0 aliphatic carbocycles. The number of rotatable bonds is 5. The molecule has 2 saturated heterocycles. The number of amides is 2. The zero-order valence-corrected chi connectivity index (χ0v) is 15.9. The van der Waals surface area contributed by atoms with Crippen LogP contribution in [0.1, 0.15) is 48.7 Å². The highest BCUT2D eigenvalue weighted by molar-refractivity contribution is 7.12. The molecule has 3 heterocycles. The van der Waals surface area contributed by atoms with Crippen LogP contribution in [0.5, 0.6) is 0 Å². The molecule has 3 rings (SSSR count). The number of piperidine rings is 2. The molecule has 0 aromatic carbocycles. The van der Waals surface area contributed by atoms with Gasteiger partial charge in [-0.05, 0) is 62.6 Å². The fraction of sp³-hybridized carbons (Fsp3) is 0.684. The highest BCUT2D eigenvalue weighted by Crippen LogP contribution is 2.25. The number of nitrogens with one attached hydrogen (secondary N) is 1. The average molecular weight is 364 g/mol. The van der Waals surface area contributed by atoms with Crippen LogP contribution in [0.15, 0.2) is 17.5 Å². The molecule has 0 radical (unpaired) electrons. The lowest BCUT2D eigenvalue weighted by Gasteiger charge is -2.40. The number of carbonyl (C=O) groups is 2.